The molecule has 106 valence electrons. The Bertz CT molecular complexity index is 697. The Labute approximate surface area is 122 Å². The van der Waals surface area contributed by atoms with Gasteiger partial charge in [-0.05, 0) is 36.5 Å². The van der Waals surface area contributed by atoms with E-state index in [1.165, 1.54) is 0 Å². The number of aromatic nitrogens is 2. The quantitative estimate of drug-likeness (QED) is 0.936. The lowest BCUT2D eigenvalue weighted by atomic mass is 9.83. The van der Waals surface area contributed by atoms with Crippen molar-refractivity contribution < 1.29 is 9.90 Å². The molecular weight excluding hydrogens is 266 g/mol. The van der Waals surface area contributed by atoms with Crippen molar-refractivity contribution in [3.8, 4) is 6.07 Å². The highest BCUT2D eigenvalue weighted by Crippen LogP contribution is 2.37. The maximum Gasteiger partial charge on any atom is 0.303 e. The number of nitriles is 1. The summed E-state index contributed by atoms with van der Waals surface area (Å²) in [7, 11) is 0. The molecule has 0 aliphatic carbocycles. The van der Waals surface area contributed by atoms with Crippen molar-refractivity contribution in [2.75, 3.05) is 0 Å². The van der Waals surface area contributed by atoms with Crippen LogP contribution in [0.4, 0.5) is 0 Å². The van der Waals surface area contributed by atoms with Crippen LogP contribution >= 0.6 is 0 Å². The Kier molecular flexibility index (Phi) is 3.44. The van der Waals surface area contributed by atoms with Gasteiger partial charge in [0.2, 0.25) is 0 Å². The average molecular weight is 281 g/mol. The molecule has 3 rings (SSSR count). The van der Waals surface area contributed by atoms with Gasteiger partial charge in [0.25, 0.3) is 0 Å². The summed E-state index contributed by atoms with van der Waals surface area (Å²) in [6.45, 7) is 0. The number of aryl methyl sites for hydroxylation is 1. The van der Waals surface area contributed by atoms with Crippen LogP contribution in [0.5, 0.6) is 0 Å². The standard InChI is InChI=1S/C16H15N3O2/c17-8-11-1-3-12(4-2-11)16-13(7-15(20)21)5-6-14-9-18-10-19(14)16/h1-4,9-10,13,16H,5-7H2,(H,20,21). The third-order valence-electron chi connectivity index (χ3n) is 4.08. The van der Waals surface area contributed by atoms with Gasteiger partial charge >= 0.3 is 5.97 Å². The molecule has 5 nitrogen and oxygen atoms in total. The van der Waals surface area contributed by atoms with Gasteiger partial charge in [0, 0.05) is 11.9 Å². The molecule has 2 unspecified atom stereocenters. The molecule has 0 spiro atoms. The van der Waals surface area contributed by atoms with E-state index >= 15 is 0 Å². The van der Waals surface area contributed by atoms with Crippen molar-refractivity contribution in [1.29, 1.82) is 5.26 Å². The predicted octanol–water partition coefficient (Wildman–Crippen LogP) is 2.38. The van der Waals surface area contributed by atoms with E-state index in [0.29, 0.717) is 5.56 Å². The van der Waals surface area contributed by atoms with Crippen molar-refractivity contribution in [1.82, 2.24) is 9.55 Å². The fourth-order valence-electron chi connectivity index (χ4n) is 3.12. The summed E-state index contributed by atoms with van der Waals surface area (Å²) in [5.41, 5.74) is 2.76. The Morgan fingerprint density at radius 2 is 2.19 bits per heavy atom. The summed E-state index contributed by atoms with van der Waals surface area (Å²) < 4.78 is 2.07. The zero-order chi connectivity index (χ0) is 14.8. The Hall–Kier alpha value is -2.61. The van der Waals surface area contributed by atoms with Crippen LogP contribution in [0, 0.1) is 17.2 Å². The van der Waals surface area contributed by atoms with E-state index < -0.39 is 5.97 Å². The molecule has 1 aliphatic heterocycles. The average Bonchev–Trinajstić information content (AvgIpc) is 2.95. The van der Waals surface area contributed by atoms with Gasteiger partial charge in [-0.25, -0.2) is 4.98 Å². The number of imidazole rings is 1. The number of benzene rings is 1. The minimum Gasteiger partial charge on any atom is -0.481 e. The van der Waals surface area contributed by atoms with E-state index in [0.717, 1.165) is 24.1 Å². The first-order valence-corrected chi connectivity index (χ1v) is 6.91. The number of carbonyl (C=O) groups is 1. The van der Waals surface area contributed by atoms with Gasteiger partial charge in [-0.3, -0.25) is 4.79 Å². The molecule has 0 saturated carbocycles. The van der Waals surface area contributed by atoms with E-state index in [9.17, 15) is 4.79 Å². The SMILES string of the molecule is N#Cc1ccc(C2C(CC(=O)O)CCc3cncn32)cc1. The van der Waals surface area contributed by atoms with E-state index in [2.05, 4.69) is 15.6 Å². The Morgan fingerprint density at radius 1 is 1.43 bits per heavy atom. The van der Waals surface area contributed by atoms with Crippen LogP contribution in [0.2, 0.25) is 0 Å². The Balaban J connectivity index is 2.01. The third-order valence-corrected chi connectivity index (χ3v) is 4.08. The minimum atomic E-state index is -0.776. The molecule has 0 bridgehead atoms. The molecule has 2 heterocycles. The molecule has 21 heavy (non-hydrogen) atoms. The summed E-state index contributed by atoms with van der Waals surface area (Å²) in [6, 6.07) is 9.45. The van der Waals surface area contributed by atoms with Gasteiger partial charge in [0.15, 0.2) is 0 Å². The van der Waals surface area contributed by atoms with Gasteiger partial charge in [-0.1, -0.05) is 12.1 Å². The molecule has 0 saturated heterocycles. The van der Waals surface area contributed by atoms with Crippen molar-refractivity contribution in [3.63, 3.8) is 0 Å². The highest BCUT2D eigenvalue weighted by atomic mass is 16.4. The summed E-state index contributed by atoms with van der Waals surface area (Å²) in [5.74, 6) is -0.737. The highest BCUT2D eigenvalue weighted by molar-refractivity contribution is 5.67. The molecule has 0 fully saturated rings. The van der Waals surface area contributed by atoms with Crippen LogP contribution in [0.3, 0.4) is 0 Å². The van der Waals surface area contributed by atoms with Crippen LogP contribution in [-0.2, 0) is 11.2 Å². The maximum absolute atomic E-state index is 11.1. The van der Waals surface area contributed by atoms with Gasteiger partial charge in [0.05, 0.1) is 30.4 Å². The number of carboxylic acids is 1. The molecule has 1 aliphatic rings. The Morgan fingerprint density at radius 3 is 2.86 bits per heavy atom. The first-order chi connectivity index (χ1) is 10.2. The summed E-state index contributed by atoms with van der Waals surface area (Å²) >= 11 is 0. The first kappa shape index (κ1) is 13.4. The second-order valence-electron chi connectivity index (χ2n) is 5.37. The van der Waals surface area contributed by atoms with Crippen LogP contribution in [0.25, 0.3) is 0 Å². The lowest BCUT2D eigenvalue weighted by molar-refractivity contribution is -0.138. The van der Waals surface area contributed by atoms with Crippen molar-refractivity contribution in [2.45, 2.75) is 25.3 Å². The molecule has 1 aromatic heterocycles. The number of fused-ring (bicyclic) bond motifs is 1. The maximum atomic E-state index is 11.1. The zero-order valence-corrected chi connectivity index (χ0v) is 11.4. The van der Waals surface area contributed by atoms with Gasteiger partial charge in [0.1, 0.15) is 0 Å². The van der Waals surface area contributed by atoms with Crippen LogP contribution < -0.4 is 0 Å². The number of carboxylic acid groups (broad SMARTS) is 1. The molecule has 1 N–H and O–H groups in total. The van der Waals surface area contributed by atoms with Gasteiger partial charge in [-0.2, -0.15) is 5.26 Å². The van der Waals surface area contributed by atoms with Crippen molar-refractivity contribution in [3.05, 3.63) is 53.6 Å². The number of aliphatic carboxylic acids is 1. The molecule has 2 atom stereocenters. The molecule has 1 aromatic carbocycles. The summed E-state index contributed by atoms with van der Waals surface area (Å²) in [6.07, 6.45) is 5.44. The lowest BCUT2D eigenvalue weighted by Gasteiger charge is -2.33. The van der Waals surface area contributed by atoms with Crippen LogP contribution in [0.1, 0.15) is 35.7 Å². The van der Waals surface area contributed by atoms with Gasteiger partial charge < -0.3 is 9.67 Å². The summed E-state index contributed by atoms with van der Waals surface area (Å²) in [4.78, 5) is 15.3. The number of hydrogen-bond acceptors (Lipinski definition) is 3. The second-order valence-corrected chi connectivity index (χ2v) is 5.37. The second kappa shape index (κ2) is 5.41. The molecule has 5 heteroatoms. The van der Waals surface area contributed by atoms with Crippen LogP contribution in [-0.4, -0.2) is 20.6 Å². The minimum absolute atomic E-state index is 0.0277. The topological polar surface area (TPSA) is 78.9 Å². The first-order valence-electron chi connectivity index (χ1n) is 6.91. The fourth-order valence-corrected chi connectivity index (χ4v) is 3.12. The zero-order valence-electron chi connectivity index (χ0n) is 11.4. The monoisotopic (exact) mass is 281 g/mol. The smallest absolute Gasteiger partial charge is 0.303 e. The van der Waals surface area contributed by atoms with Gasteiger partial charge in [-0.15, -0.1) is 0 Å². The fraction of sp³-hybridized carbons (Fsp3) is 0.312. The van der Waals surface area contributed by atoms with E-state index in [1.54, 1.807) is 18.5 Å². The number of nitrogens with zero attached hydrogens (tertiary/aromatic N) is 3. The predicted molar refractivity (Wildman–Crippen MR) is 75.6 cm³/mol. The molecule has 0 radical (unpaired) electrons. The number of hydrogen-bond donors (Lipinski definition) is 1. The highest BCUT2D eigenvalue weighted by Gasteiger charge is 2.31. The van der Waals surface area contributed by atoms with E-state index in [1.807, 2.05) is 18.3 Å². The van der Waals surface area contributed by atoms with Crippen molar-refractivity contribution >= 4 is 5.97 Å². The molecular formula is C16H15N3O2. The normalized spacial score (nSPS) is 20.5. The van der Waals surface area contributed by atoms with Crippen molar-refractivity contribution in [2.24, 2.45) is 5.92 Å². The van der Waals surface area contributed by atoms with E-state index in [-0.39, 0.29) is 18.4 Å². The molecule has 2 aromatic rings. The third kappa shape index (κ3) is 2.52. The van der Waals surface area contributed by atoms with Crippen LogP contribution in [0.15, 0.2) is 36.8 Å². The molecule has 0 amide bonds. The largest absolute Gasteiger partial charge is 0.481 e. The van der Waals surface area contributed by atoms with E-state index in [4.69, 9.17) is 10.4 Å². The summed E-state index contributed by atoms with van der Waals surface area (Å²) in [5, 5.41) is 18.0. The number of rotatable bonds is 3. The lowest BCUT2D eigenvalue weighted by Crippen LogP contribution is -2.28.